The number of aliphatic hydroxyl groups is 1. The third kappa shape index (κ3) is 5.37. The molecule has 0 saturated carbocycles. The first kappa shape index (κ1) is 25.3. The SMILES string of the molecule is CC(CO)N(CC(=O)N1CCOCC1)C(=O)c1c(O)c2ncc(Cc3ccc(F)cc3)cc2[nH]c1=O. The third-order valence-electron chi connectivity index (χ3n) is 6.14. The molecule has 0 radical (unpaired) electrons. The number of carbonyl (C=O) groups excluding carboxylic acids is 2. The van der Waals surface area contributed by atoms with Crippen LogP contribution in [0.15, 0.2) is 41.3 Å². The van der Waals surface area contributed by atoms with E-state index in [0.29, 0.717) is 38.3 Å². The van der Waals surface area contributed by atoms with E-state index in [2.05, 4.69) is 9.97 Å². The van der Waals surface area contributed by atoms with Crippen molar-refractivity contribution in [1.82, 2.24) is 19.8 Å². The average molecular weight is 499 g/mol. The lowest BCUT2D eigenvalue weighted by atomic mass is 10.1. The van der Waals surface area contributed by atoms with Crippen molar-refractivity contribution in [2.45, 2.75) is 19.4 Å². The van der Waals surface area contributed by atoms with E-state index in [9.17, 15) is 29.0 Å². The first-order chi connectivity index (χ1) is 17.3. The number of fused-ring (bicyclic) bond motifs is 1. The first-order valence-corrected chi connectivity index (χ1v) is 11.5. The summed E-state index contributed by atoms with van der Waals surface area (Å²) in [6.45, 7) is 2.24. The molecular weight excluding hydrogens is 471 g/mol. The zero-order chi connectivity index (χ0) is 25.8. The molecule has 2 amide bonds. The number of morpholine rings is 1. The van der Waals surface area contributed by atoms with Crippen LogP contribution in [-0.4, -0.2) is 87.3 Å². The minimum atomic E-state index is -0.893. The van der Waals surface area contributed by atoms with Gasteiger partial charge in [0.25, 0.3) is 11.5 Å². The molecule has 2 aromatic heterocycles. The van der Waals surface area contributed by atoms with Crippen LogP contribution in [0, 0.1) is 5.82 Å². The van der Waals surface area contributed by atoms with Crippen LogP contribution in [0.25, 0.3) is 11.0 Å². The Hall–Kier alpha value is -3.83. The van der Waals surface area contributed by atoms with Gasteiger partial charge in [-0.2, -0.15) is 0 Å². The number of nitrogens with one attached hydrogen (secondary N) is 1. The molecule has 4 rings (SSSR count). The summed E-state index contributed by atoms with van der Waals surface area (Å²) in [7, 11) is 0. The van der Waals surface area contributed by atoms with Crippen LogP contribution in [-0.2, 0) is 16.0 Å². The molecule has 3 N–H and O–H groups in total. The molecule has 11 heteroatoms. The number of benzene rings is 1. The van der Waals surface area contributed by atoms with E-state index in [4.69, 9.17) is 4.74 Å². The normalized spacial score (nSPS) is 14.6. The fraction of sp³-hybridized carbons (Fsp3) is 0.360. The van der Waals surface area contributed by atoms with Gasteiger partial charge in [-0.05, 0) is 42.7 Å². The smallest absolute Gasteiger partial charge is 0.265 e. The molecular formula is C25H27FN4O6. The molecule has 3 heterocycles. The van der Waals surface area contributed by atoms with Gasteiger partial charge in [0.1, 0.15) is 23.4 Å². The van der Waals surface area contributed by atoms with Gasteiger partial charge in [-0.3, -0.25) is 19.4 Å². The number of carbonyl (C=O) groups is 2. The number of hydrogen-bond donors (Lipinski definition) is 3. The third-order valence-corrected chi connectivity index (χ3v) is 6.14. The number of H-pyrrole nitrogens is 1. The van der Waals surface area contributed by atoms with Gasteiger partial charge in [-0.25, -0.2) is 4.39 Å². The average Bonchev–Trinajstić information content (AvgIpc) is 2.88. The topological polar surface area (TPSA) is 136 Å². The second kappa shape index (κ2) is 10.8. The maximum Gasteiger partial charge on any atom is 0.265 e. The second-order valence-electron chi connectivity index (χ2n) is 8.68. The van der Waals surface area contributed by atoms with Crippen molar-refractivity contribution in [2.75, 3.05) is 39.5 Å². The number of aromatic hydroxyl groups is 1. The number of halogens is 1. The van der Waals surface area contributed by atoms with Crippen LogP contribution in [0.5, 0.6) is 5.75 Å². The highest BCUT2D eigenvalue weighted by molar-refractivity contribution is 6.02. The number of rotatable bonds is 7. The number of aromatic nitrogens is 2. The summed E-state index contributed by atoms with van der Waals surface area (Å²) in [4.78, 5) is 48.5. The number of aliphatic hydroxyl groups excluding tert-OH is 1. The summed E-state index contributed by atoms with van der Waals surface area (Å²) in [5.41, 5.74) is 0.358. The summed E-state index contributed by atoms with van der Waals surface area (Å²) in [6.07, 6.45) is 1.91. The highest BCUT2D eigenvalue weighted by Crippen LogP contribution is 2.26. The van der Waals surface area contributed by atoms with Crippen molar-refractivity contribution in [1.29, 1.82) is 0 Å². The Balaban J connectivity index is 1.63. The minimum Gasteiger partial charge on any atom is -0.505 e. The van der Waals surface area contributed by atoms with Gasteiger partial charge < -0.3 is 29.7 Å². The lowest BCUT2D eigenvalue weighted by molar-refractivity contribution is -0.136. The van der Waals surface area contributed by atoms with Crippen LogP contribution in [0.3, 0.4) is 0 Å². The fourth-order valence-corrected chi connectivity index (χ4v) is 4.06. The van der Waals surface area contributed by atoms with Gasteiger partial charge in [0.2, 0.25) is 5.91 Å². The number of ether oxygens (including phenoxy) is 1. The molecule has 1 saturated heterocycles. The minimum absolute atomic E-state index is 0.0110. The lowest BCUT2D eigenvalue weighted by Gasteiger charge is -2.32. The summed E-state index contributed by atoms with van der Waals surface area (Å²) < 4.78 is 18.4. The van der Waals surface area contributed by atoms with E-state index in [1.54, 1.807) is 23.1 Å². The van der Waals surface area contributed by atoms with Gasteiger partial charge in [-0.15, -0.1) is 0 Å². The predicted octanol–water partition coefficient (Wildman–Crippen LogP) is 1.04. The van der Waals surface area contributed by atoms with Crippen LogP contribution < -0.4 is 5.56 Å². The van der Waals surface area contributed by atoms with E-state index in [0.717, 1.165) is 10.5 Å². The number of nitrogens with zero attached hydrogens (tertiary/aromatic N) is 3. The highest BCUT2D eigenvalue weighted by Gasteiger charge is 2.31. The van der Waals surface area contributed by atoms with Crippen molar-refractivity contribution in [3.63, 3.8) is 0 Å². The molecule has 10 nitrogen and oxygen atoms in total. The zero-order valence-electron chi connectivity index (χ0n) is 19.7. The Labute approximate surface area is 205 Å². The highest BCUT2D eigenvalue weighted by atomic mass is 19.1. The van der Waals surface area contributed by atoms with E-state index in [1.807, 2.05) is 0 Å². The maximum absolute atomic E-state index is 13.4. The second-order valence-corrected chi connectivity index (χ2v) is 8.68. The number of aromatic amines is 1. The Kier molecular flexibility index (Phi) is 7.61. The molecule has 36 heavy (non-hydrogen) atoms. The van der Waals surface area contributed by atoms with Gasteiger partial charge in [0.15, 0.2) is 5.75 Å². The molecule has 1 atom stereocenters. The quantitative estimate of drug-likeness (QED) is 0.443. The van der Waals surface area contributed by atoms with Crippen LogP contribution >= 0.6 is 0 Å². The van der Waals surface area contributed by atoms with Crippen molar-refractivity contribution in [3.8, 4) is 5.75 Å². The monoisotopic (exact) mass is 498 g/mol. The molecule has 3 aromatic rings. The number of amides is 2. The first-order valence-electron chi connectivity index (χ1n) is 11.5. The molecule has 1 fully saturated rings. The molecule has 1 unspecified atom stereocenters. The summed E-state index contributed by atoms with van der Waals surface area (Å²) >= 11 is 0. The zero-order valence-corrected chi connectivity index (χ0v) is 19.7. The molecule has 190 valence electrons. The molecule has 0 spiro atoms. The predicted molar refractivity (Wildman–Crippen MR) is 128 cm³/mol. The largest absolute Gasteiger partial charge is 0.505 e. The van der Waals surface area contributed by atoms with Crippen LogP contribution in [0.1, 0.15) is 28.4 Å². The van der Waals surface area contributed by atoms with Gasteiger partial charge >= 0.3 is 0 Å². The summed E-state index contributed by atoms with van der Waals surface area (Å²) in [5.74, 6) is -2.21. The lowest BCUT2D eigenvalue weighted by Crippen LogP contribution is -2.51. The Morgan fingerprint density at radius 1 is 1.22 bits per heavy atom. The van der Waals surface area contributed by atoms with Crippen molar-refractivity contribution >= 4 is 22.8 Å². The Bertz CT molecular complexity index is 1320. The van der Waals surface area contributed by atoms with Gasteiger partial charge in [0.05, 0.1) is 31.4 Å². The maximum atomic E-state index is 13.4. The Morgan fingerprint density at radius 3 is 2.58 bits per heavy atom. The fourth-order valence-electron chi connectivity index (χ4n) is 4.06. The van der Waals surface area contributed by atoms with Crippen molar-refractivity contribution < 1.29 is 28.9 Å². The van der Waals surface area contributed by atoms with Crippen LogP contribution in [0.4, 0.5) is 4.39 Å². The summed E-state index contributed by atoms with van der Waals surface area (Å²) in [5, 5.41) is 20.5. The Morgan fingerprint density at radius 2 is 1.92 bits per heavy atom. The van der Waals surface area contributed by atoms with Gasteiger partial charge in [-0.1, -0.05) is 12.1 Å². The van der Waals surface area contributed by atoms with E-state index in [1.165, 1.54) is 25.3 Å². The van der Waals surface area contributed by atoms with Crippen molar-refractivity contribution in [3.05, 3.63) is 69.4 Å². The van der Waals surface area contributed by atoms with E-state index in [-0.39, 0.29) is 29.3 Å². The number of hydrogen-bond acceptors (Lipinski definition) is 7. The number of pyridine rings is 2. The van der Waals surface area contributed by atoms with E-state index >= 15 is 0 Å². The van der Waals surface area contributed by atoms with Crippen LogP contribution in [0.2, 0.25) is 0 Å². The molecule has 0 bridgehead atoms. The van der Waals surface area contributed by atoms with Crippen molar-refractivity contribution in [2.24, 2.45) is 0 Å². The molecule has 0 aliphatic carbocycles. The molecule has 1 aliphatic rings. The standard InChI is InChI=1S/C25H27FN4O6/c1-15(14-31)30(13-20(32)29-6-8-36-9-7-29)25(35)21-23(33)22-19(28-24(21)34)11-17(12-27-22)10-16-2-4-18(26)5-3-16/h2-5,11-12,15,31H,6-10,13-14H2,1H3,(H2,28,33,34). The molecule has 1 aromatic carbocycles. The molecule has 1 aliphatic heterocycles. The van der Waals surface area contributed by atoms with Gasteiger partial charge in [0, 0.05) is 19.3 Å². The van der Waals surface area contributed by atoms with E-state index < -0.39 is 35.4 Å². The summed E-state index contributed by atoms with van der Waals surface area (Å²) in [6, 6.07) is 6.80.